The number of rotatable bonds is 4. The molecule has 0 aromatic rings. The van der Waals surface area contributed by atoms with Crippen LogP contribution in [0.5, 0.6) is 0 Å². The number of methoxy groups -OCH3 is 1. The van der Waals surface area contributed by atoms with Gasteiger partial charge in [0.1, 0.15) is 0 Å². The van der Waals surface area contributed by atoms with E-state index in [2.05, 4.69) is 0 Å². The van der Waals surface area contributed by atoms with Gasteiger partial charge in [0.05, 0.1) is 17.1 Å². The summed E-state index contributed by atoms with van der Waals surface area (Å²) >= 11 is 0. The van der Waals surface area contributed by atoms with Crippen molar-refractivity contribution in [3.63, 3.8) is 0 Å². The van der Waals surface area contributed by atoms with Crippen LogP contribution in [0.3, 0.4) is 0 Å². The molecular weight excluding hydrogens is 200 g/mol. The maximum Gasteiger partial charge on any atom is 0.153 e. The molecule has 4 heteroatoms. The first-order valence-corrected chi connectivity index (χ1v) is 7.06. The first-order chi connectivity index (χ1) is 6.60. The van der Waals surface area contributed by atoms with Crippen molar-refractivity contribution in [3.05, 3.63) is 0 Å². The highest BCUT2D eigenvalue weighted by Crippen LogP contribution is 2.26. The molecule has 14 heavy (non-hydrogen) atoms. The second kappa shape index (κ2) is 5.12. The third-order valence-corrected chi connectivity index (χ3v) is 5.42. The molecule has 0 unspecified atom stereocenters. The summed E-state index contributed by atoms with van der Waals surface area (Å²) in [5, 5.41) is -0.103. The molecule has 1 fully saturated rings. The molecule has 0 radical (unpaired) electrons. The van der Waals surface area contributed by atoms with Gasteiger partial charge in [-0.05, 0) is 32.1 Å². The number of hydrogen-bond acceptors (Lipinski definition) is 3. The predicted octanol–water partition coefficient (Wildman–Crippen LogP) is 1.77. The lowest BCUT2D eigenvalue weighted by atomic mass is 9.97. The van der Waals surface area contributed by atoms with E-state index in [-0.39, 0.29) is 11.4 Å². The molecule has 0 heterocycles. The summed E-state index contributed by atoms with van der Waals surface area (Å²) in [5.41, 5.74) is 0. The van der Waals surface area contributed by atoms with Crippen LogP contribution in [0.15, 0.2) is 0 Å². The van der Waals surface area contributed by atoms with Crippen LogP contribution in [0.25, 0.3) is 0 Å². The summed E-state index contributed by atoms with van der Waals surface area (Å²) in [6.07, 6.45) is 4.35. The second-order valence-electron chi connectivity index (χ2n) is 4.00. The Hall–Kier alpha value is -0.0900. The van der Waals surface area contributed by atoms with Gasteiger partial charge in [0.25, 0.3) is 0 Å². The quantitative estimate of drug-likeness (QED) is 0.725. The third kappa shape index (κ3) is 2.95. The largest absolute Gasteiger partial charge is 0.381 e. The van der Waals surface area contributed by atoms with Crippen molar-refractivity contribution in [2.45, 2.75) is 50.4 Å². The molecule has 0 aromatic heterocycles. The number of ether oxygens (including phenoxy) is 1. The fourth-order valence-electron chi connectivity index (χ4n) is 2.08. The van der Waals surface area contributed by atoms with Crippen molar-refractivity contribution in [3.8, 4) is 0 Å². The van der Waals surface area contributed by atoms with E-state index in [9.17, 15) is 8.42 Å². The van der Waals surface area contributed by atoms with E-state index < -0.39 is 9.84 Å². The Labute approximate surface area is 86.8 Å². The van der Waals surface area contributed by atoms with E-state index >= 15 is 0 Å². The Morgan fingerprint density at radius 3 is 2.21 bits per heavy atom. The Balaban J connectivity index is 2.49. The fourth-order valence-corrected chi connectivity index (χ4v) is 3.97. The minimum atomic E-state index is -2.82. The maximum absolute atomic E-state index is 11.7. The van der Waals surface area contributed by atoms with Crippen LogP contribution in [0.2, 0.25) is 0 Å². The van der Waals surface area contributed by atoms with Gasteiger partial charge in [0.15, 0.2) is 9.84 Å². The number of hydrogen-bond donors (Lipinski definition) is 0. The molecule has 1 saturated carbocycles. The van der Waals surface area contributed by atoms with Gasteiger partial charge in [0, 0.05) is 7.11 Å². The van der Waals surface area contributed by atoms with E-state index in [0.717, 1.165) is 32.1 Å². The topological polar surface area (TPSA) is 43.4 Å². The van der Waals surface area contributed by atoms with Gasteiger partial charge in [-0.2, -0.15) is 0 Å². The highest BCUT2D eigenvalue weighted by Gasteiger charge is 2.29. The minimum Gasteiger partial charge on any atom is -0.381 e. The highest BCUT2D eigenvalue weighted by molar-refractivity contribution is 7.92. The zero-order chi connectivity index (χ0) is 10.6. The van der Waals surface area contributed by atoms with Crippen LogP contribution < -0.4 is 0 Å². The van der Waals surface area contributed by atoms with Crippen LogP contribution in [0.4, 0.5) is 0 Å². The van der Waals surface area contributed by atoms with Crippen molar-refractivity contribution in [1.29, 1.82) is 0 Å². The normalized spacial score (nSPS) is 29.0. The van der Waals surface area contributed by atoms with Crippen molar-refractivity contribution in [1.82, 2.24) is 0 Å². The molecule has 0 atom stereocenters. The van der Waals surface area contributed by atoms with Crippen molar-refractivity contribution < 1.29 is 13.2 Å². The second-order valence-corrected chi connectivity index (χ2v) is 6.40. The highest BCUT2D eigenvalue weighted by atomic mass is 32.2. The SMILES string of the molecule is CCCS(=O)(=O)C1CCC(OC)CC1. The van der Waals surface area contributed by atoms with Crippen LogP contribution in [-0.2, 0) is 14.6 Å². The molecule has 0 aromatic carbocycles. The zero-order valence-electron chi connectivity index (χ0n) is 9.03. The summed E-state index contributed by atoms with van der Waals surface area (Å²) in [6, 6.07) is 0. The summed E-state index contributed by atoms with van der Waals surface area (Å²) in [4.78, 5) is 0. The molecule has 0 spiro atoms. The molecule has 1 rings (SSSR count). The van der Waals surface area contributed by atoms with E-state index in [4.69, 9.17) is 4.74 Å². The van der Waals surface area contributed by atoms with Gasteiger partial charge in [-0.3, -0.25) is 0 Å². The standard InChI is InChI=1S/C10H20O3S/c1-3-8-14(11,12)10-6-4-9(13-2)5-7-10/h9-10H,3-8H2,1-2H3. The average Bonchev–Trinajstić information content (AvgIpc) is 2.18. The molecule has 0 bridgehead atoms. The molecule has 1 aliphatic rings. The van der Waals surface area contributed by atoms with Crippen molar-refractivity contribution in [2.75, 3.05) is 12.9 Å². The Kier molecular flexibility index (Phi) is 4.38. The van der Waals surface area contributed by atoms with E-state index in [1.807, 2.05) is 6.92 Å². The van der Waals surface area contributed by atoms with Gasteiger partial charge in [-0.25, -0.2) is 8.42 Å². The molecule has 0 saturated heterocycles. The molecular formula is C10H20O3S. The van der Waals surface area contributed by atoms with Gasteiger partial charge in [-0.1, -0.05) is 6.92 Å². The Morgan fingerprint density at radius 2 is 1.79 bits per heavy atom. The van der Waals surface area contributed by atoms with Crippen LogP contribution in [0.1, 0.15) is 39.0 Å². The predicted molar refractivity (Wildman–Crippen MR) is 57.1 cm³/mol. The molecule has 0 aliphatic heterocycles. The minimum absolute atomic E-state index is 0.103. The van der Waals surface area contributed by atoms with E-state index in [0.29, 0.717) is 5.75 Å². The monoisotopic (exact) mass is 220 g/mol. The van der Waals surface area contributed by atoms with Crippen LogP contribution in [0, 0.1) is 0 Å². The molecule has 3 nitrogen and oxygen atoms in total. The lowest BCUT2D eigenvalue weighted by molar-refractivity contribution is 0.0717. The molecule has 84 valence electrons. The van der Waals surface area contributed by atoms with Gasteiger partial charge in [0.2, 0.25) is 0 Å². The maximum atomic E-state index is 11.7. The summed E-state index contributed by atoms with van der Waals surface area (Å²) in [5.74, 6) is 0.343. The fraction of sp³-hybridized carbons (Fsp3) is 1.00. The molecule has 0 amide bonds. The van der Waals surface area contributed by atoms with Crippen LogP contribution in [-0.4, -0.2) is 32.6 Å². The lowest BCUT2D eigenvalue weighted by Gasteiger charge is -2.27. The Morgan fingerprint density at radius 1 is 1.21 bits per heavy atom. The number of sulfone groups is 1. The van der Waals surface area contributed by atoms with Crippen molar-refractivity contribution >= 4 is 9.84 Å². The molecule has 0 N–H and O–H groups in total. The van der Waals surface area contributed by atoms with Gasteiger partial charge in [-0.15, -0.1) is 0 Å². The summed E-state index contributed by atoms with van der Waals surface area (Å²) in [7, 11) is -1.12. The zero-order valence-corrected chi connectivity index (χ0v) is 9.85. The van der Waals surface area contributed by atoms with Crippen LogP contribution >= 0.6 is 0 Å². The van der Waals surface area contributed by atoms with E-state index in [1.165, 1.54) is 0 Å². The first kappa shape index (κ1) is 12.0. The van der Waals surface area contributed by atoms with Gasteiger partial charge >= 0.3 is 0 Å². The first-order valence-electron chi connectivity index (χ1n) is 5.34. The molecule has 1 aliphatic carbocycles. The third-order valence-electron chi connectivity index (χ3n) is 2.95. The summed E-state index contributed by atoms with van der Waals surface area (Å²) < 4.78 is 28.7. The Bertz CT molecular complexity index is 251. The van der Waals surface area contributed by atoms with Crippen molar-refractivity contribution in [2.24, 2.45) is 0 Å². The van der Waals surface area contributed by atoms with E-state index in [1.54, 1.807) is 7.11 Å². The smallest absolute Gasteiger partial charge is 0.153 e. The summed E-state index contributed by atoms with van der Waals surface area (Å²) in [6.45, 7) is 1.92. The van der Waals surface area contributed by atoms with Gasteiger partial charge < -0.3 is 4.74 Å². The lowest BCUT2D eigenvalue weighted by Crippen LogP contribution is -2.31. The average molecular weight is 220 g/mol.